The summed E-state index contributed by atoms with van der Waals surface area (Å²) >= 11 is 0. The molecule has 0 atom stereocenters. The molecule has 0 bridgehead atoms. The summed E-state index contributed by atoms with van der Waals surface area (Å²) in [5.74, 6) is 0. The summed E-state index contributed by atoms with van der Waals surface area (Å²) in [7, 11) is 0. The van der Waals surface area contributed by atoms with Crippen molar-refractivity contribution in [2.45, 2.75) is 5.41 Å². The Labute approximate surface area is 354 Å². The van der Waals surface area contributed by atoms with Gasteiger partial charge < -0.3 is 9.32 Å². The number of hydrogen-bond donors (Lipinski definition) is 0. The molecule has 1 spiro atoms. The largest absolute Gasteiger partial charge is 0.454 e. The van der Waals surface area contributed by atoms with E-state index in [0.717, 1.165) is 55.5 Å². The standard InChI is InChI=1S/C59H37NO/c1-3-15-38(16-4-1)39-27-29-43(30-28-39)60(55-34-33-45(40-17-5-2-6-18-40)57-50-35-41-19-7-8-20-42(41)36-56(50)61-58(55)57)44-31-32-49-48-23-11-14-26-53(48)59(54(49)37-44)51-24-12-9-21-46(51)47-22-10-13-25-52(47)59/h1-37H. The third-order valence-electron chi connectivity index (χ3n) is 13.3. The van der Waals surface area contributed by atoms with E-state index in [2.05, 4.69) is 229 Å². The van der Waals surface area contributed by atoms with Crippen molar-refractivity contribution in [3.8, 4) is 44.5 Å². The van der Waals surface area contributed by atoms with Gasteiger partial charge in [-0.3, -0.25) is 0 Å². The van der Waals surface area contributed by atoms with Gasteiger partial charge in [-0.05, 0) is 120 Å². The molecule has 0 radical (unpaired) electrons. The van der Waals surface area contributed by atoms with E-state index in [1.807, 2.05) is 0 Å². The number of nitrogens with zero attached hydrogens (tertiary/aromatic N) is 1. The number of fused-ring (bicyclic) bond motifs is 14. The maximum absolute atomic E-state index is 7.16. The maximum atomic E-state index is 7.16. The lowest BCUT2D eigenvalue weighted by Gasteiger charge is -2.32. The maximum Gasteiger partial charge on any atom is 0.160 e. The fraction of sp³-hybridized carbons (Fsp3) is 0.0169. The van der Waals surface area contributed by atoms with Crippen LogP contribution in [0.5, 0.6) is 0 Å². The molecule has 10 aromatic carbocycles. The van der Waals surface area contributed by atoms with E-state index >= 15 is 0 Å². The molecule has 0 N–H and O–H groups in total. The molecule has 0 saturated carbocycles. The van der Waals surface area contributed by atoms with Gasteiger partial charge in [0.15, 0.2) is 5.58 Å². The molecule has 0 amide bonds. The lowest BCUT2D eigenvalue weighted by molar-refractivity contribution is 0.669. The first-order valence-corrected chi connectivity index (χ1v) is 21.1. The minimum absolute atomic E-state index is 0.468. The van der Waals surface area contributed by atoms with E-state index in [-0.39, 0.29) is 0 Å². The van der Waals surface area contributed by atoms with Crippen molar-refractivity contribution in [2.75, 3.05) is 4.90 Å². The average Bonchev–Trinajstić information content (AvgIpc) is 3.96. The van der Waals surface area contributed by atoms with Crippen LogP contribution in [-0.2, 0) is 5.41 Å². The lowest BCUT2D eigenvalue weighted by atomic mass is 9.70. The summed E-state index contributed by atoms with van der Waals surface area (Å²) in [4.78, 5) is 2.41. The highest BCUT2D eigenvalue weighted by Crippen LogP contribution is 2.63. The molecule has 0 fully saturated rings. The highest BCUT2D eigenvalue weighted by atomic mass is 16.3. The number of hydrogen-bond acceptors (Lipinski definition) is 2. The van der Waals surface area contributed by atoms with Crippen LogP contribution in [0.4, 0.5) is 17.1 Å². The molecule has 0 saturated heterocycles. The van der Waals surface area contributed by atoms with Gasteiger partial charge in [0.05, 0.1) is 11.1 Å². The molecule has 2 aliphatic rings. The van der Waals surface area contributed by atoms with Crippen molar-refractivity contribution in [1.29, 1.82) is 0 Å². The Morgan fingerprint density at radius 2 is 0.836 bits per heavy atom. The number of rotatable bonds is 5. The Morgan fingerprint density at radius 3 is 1.48 bits per heavy atom. The van der Waals surface area contributed by atoms with E-state index in [9.17, 15) is 0 Å². The van der Waals surface area contributed by atoms with Gasteiger partial charge in [0, 0.05) is 22.1 Å². The third kappa shape index (κ3) is 4.85. The second kappa shape index (κ2) is 13.0. The predicted octanol–water partition coefficient (Wildman–Crippen LogP) is 15.9. The second-order valence-electron chi connectivity index (χ2n) is 16.4. The van der Waals surface area contributed by atoms with Gasteiger partial charge in [0.25, 0.3) is 0 Å². The molecule has 0 aliphatic heterocycles. The third-order valence-corrected chi connectivity index (χ3v) is 13.3. The molecule has 1 aromatic heterocycles. The first-order valence-electron chi connectivity index (χ1n) is 21.1. The molecule has 11 aromatic rings. The molecule has 2 aliphatic carbocycles. The van der Waals surface area contributed by atoms with Crippen molar-refractivity contribution in [2.24, 2.45) is 0 Å². The summed E-state index contributed by atoms with van der Waals surface area (Å²) in [6, 6.07) is 82.1. The summed E-state index contributed by atoms with van der Waals surface area (Å²) in [6.45, 7) is 0. The van der Waals surface area contributed by atoms with Crippen LogP contribution in [0.2, 0.25) is 0 Å². The van der Waals surface area contributed by atoms with Crippen molar-refractivity contribution in [3.63, 3.8) is 0 Å². The predicted molar refractivity (Wildman–Crippen MR) is 253 cm³/mol. The van der Waals surface area contributed by atoms with Crippen molar-refractivity contribution >= 4 is 49.8 Å². The molecule has 13 rings (SSSR count). The van der Waals surface area contributed by atoms with Crippen LogP contribution in [0.25, 0.3) is 77.2 Å². The smallest absolute Gasteiger partial charge is 0.160 e. The first kappa shape index (κ1) is 34.0. The quantitative estimate of drug-likeness (QED) is 0.173. The summed E-state index contributed by atoms with van der Waals surface area (Å²) in [5.41, 5.74) is 19.5. The molecule has 2 nitrogen and oxygen atoms in total. The molecule has 61 heavy (non-hydrogen) atoms. The van der Waals surface area contributed by atoms with Gasteiger partial charge in [-0.15, -0.1) is 0 Å². The fourth-order valence-electron chi connectivity index (χ4n) is 10.7. The van der Waals surface area contributed by atoms with Crippen LogP contribution >= 0.6 is 0 Å². The van der Waals surface area contributed by atoms with Gasteiger partial charge in [-0.1, -0.05) is 182 Å². The Bertz CT molecular complexity index is 3460. The number of anilines is 3. The minimum atomic E-state index is -0.468. The first-order chi connectivity index (χ1) is 30.3. The zero-order valence-corrected chi connectivity index (χ0v) is 33.2. The average molecular weight is 776 g/mol. The normalized spacial score (nSPS) is 13.0. The lowest BCUT2D eigenvalue weighted by Crippen LogP contribution is -2.26. The van der Waals surface area contributed by atoms with Gasteiger partial charge in [0.2, 0.25) is 0 Å². The highest BCUT2D eigenvalue weighted by Gasteiger charge is 2.51. The van der Waals surface area contributed by atoms with E-state index in [1.54, 1.807) is 0 Å². The van der Waals surface area contributed by atoms with E-state index in [0.29, 0.717) is 0 Å². The molecule has 0 unspecified atom stereocenters. The van der Waals surface area contributed by atoms with Crippen LogP contribution in [-0.4, -0.2) is 0 Å². The summed E-state index contributed by atoms with van der Waals surface area (Å²) in [6.07, 6.45) is 0. The Morgan fingerprint density at radius 1 is 0.344 bits per heavy atom. The molecular weight excluding hydrogens is 739 g/mol. The van der Waals surface area contributed by atoms with Crippen LogP contribution in [0.1, 0.15) is 22.3 Å². The van der Waals surface area contributed by atoms with E-state index in [4.69, 9.17) is 4.42 Å². The summed E-state index contributed by atoms with van der Waals surface area (Å²) in [5, 5.41) is 4.57. The van der Waals surface area contributed by atoms with Crippen LogP contribution in [0.15, 0.2) is 229 Å². The number of benzene rings is 10. The molecule has 2 heteroatoms. The van der Waals surface area contributed by atoms with Gasteiger partial charge in [-0.2, -0.15) is 0 Å². The van der Waals surface area contributed by atoms with Crippen molar-refractivity contribution in [3.05, 3.63) is 247 Å². The minimum Gasteiger partial charge on any atom is -0.454 e. The van der Waals surface area contributed by atoms with Crippen LogP contribution in [0.3, 0.4) is 0 Å². The van der Waals surface area contributed by atoms with E-state index < -0.39 is 5.41 Å². The Balaban J connectivity index is 1.10. The Hall–Kier alpha value is -7.94. The second-order valence-corrected chi connectivity index (χ2v) is 16.4. The fourth-order valence-corrected chi connectivity index (χ4v) is 10.7. The summed E-state index contributed by atoms with van der Waals surface area (Å²) < 4.78 is 7.16. The SMILES string of the molecule is c1ccc(-c2ccc(N(c3ccc4c(c3)C3(c5ccccc5-c5ccccc53)c3ccccc3-4)c3ccc(-c4ccccc4)c4c3oc3cc5ccccc5cc34)cc2)cc1. The topological polar surface area (TPSA) is 16.4 Å². The van der Waals surface area contributed by atoms with Gasteiger partial charge in [-0.25, -0.2) is 0 Å². The van der Waals surface area contributed by atoms with Crippen molar-refractivity contribution < 1.29 is 4.42 Å². The molecule has 1 heterocycles. The highest BCUT2D eigenvalue weighted by molar-refractivity contribution is 6.19. The van der Waals surface area contributed by atoms with E-state index in [1.165, 1.54) is 61.0 Å². The van der Waals surface area contributed by atoms with Crippen LogP contribution < -0.4 is 4.90 Å². The number of furan rings is 1. The monoisotopic (exact) mass is 775 g/mol. The van der Waals surface area contributed by atoms with Gasteiger partial charge >= 0.3 is 0 Å². The van der Waals surface area contributed by atoms with Crippen molar-refractivity contribution in [1.82, 2.24) is 0 Å². The zero-order chi connectivity index (χ0) is 40.1. The Kier molecular flexibility index (Phi) is 7.26. The molecular formula is C59H37NO. The zero-order valence-electron chi connectivity index (χ0n) is 33.2. The van der Waals surface area contributed by atoms with Gasteiger partial charge in [0.1, 0.15) is 5.58 Å². The van der Waals surface area contributed by atoms with Crippen LogP contribution in [0, 0.1) is 0 Å². The molecule has 284 valence electrons.